The van der Waals surface area contributed by atoms with Gasteiger partial charge in [-0.3, -0.25) is 4.79 Å². The van der Waals surface area contributed by atoms with Gasteiger partial charge in [-0.1, -0.05) is 23.8 Å². The first-order valence-corrected chi connectivity index (χ1v) is 11.2. The van der Waals surface area contributed by atoms with Gasteiger partial charge in [0.25, 0.3) is 5.91 Å². The smallest absolute Gasteiger partial charge is 0.254 e. The Kier molecular flexibility index (Phi) is 6.86. The highest BCUT2D eigenvalue weighted by Gasteiger charge is 2.25. The summed E-state index contributed by atoms with van der Waals surface area (Å²) in [7, 11) is 4.62. The van der Waals surface area contributed by atoms with Gasteiger partial charge in [0, 0.05) is 37.3 Å². The fraction of sp³-hybridized carbons (Fsp3) is 0.346. The lowest BCUT2D eigenvalue weighted by atomic mass is 10.0. The SMILES string of the molecule is COc1cc(C(=O)N2CCN(c3ccc(-c4ccc(C)cc4C)nn3)CC2)cc(OC)c1OC. The van der Waals surface area contributed by atoms with Crippen LogP contribution in [0.4, 0.5) is 5.82 Å². The predicted molar refractivity (Wildman–Crippen MR) is 131 cm³/mol. The zero-order valence-electron chi connectivity index (χ0n) is 20.3. The number of carbonyl (C=O) groups excluding carboxylic acids is 1. The number of rotatable bonds is 6. The van der Waals surface area contributed by atoms with E-state index in [2.05, 4.69) is 47.1 Å². The van der Waals surface area contributed by atoms with Crippen LogP contribution in [0.15, 0.2) is 42.5 Å². The molecule has 1 aromatic heterocycles. The van der Waals surface area contributed by atoms with Crippen LogP contribution in [0.2, 0.25) is 0 Å². The highest BCUT2D eigenvalue weighted by Crippen LogP contribution is 2.38. The third-order valence-electron chi connectivity index (χ3n) is 6.11. The number of hydrogen-bond acceptors (Lipinski definition) is 7. The number of anilines is 1. The molecule has 8 nitrogen and oxygen atoms in total. The molecule has 0 spiro atoms. The molecule has 1 amide bonds. The molecule has 3 aromatic rings. The Balaban J connectivity index is 1.44. The second kappa shape index (κ2) is 9.99. The number of aryl methyl sites for hydroxylation is 2. The Morgan fingerprint density at radius 1 is 0.824 bits per heavy atom. The van der Waals surface area contributed by atoms with Gasteiger partial charge >= 0.3 is 0 Å². The van der Waals surface area contributed by atoms with Crippen molar-refractivity contribution in [1.82, 2.24) is 15.1 Å². The summed E-state index contributed by atoms with van der Waals surface area (Å²) in [6.07, 6.45) is 0. The minimum Gasteiger partial charge on any atom is -0.493 e. The number of benzene rings is 2. The number of nitrogens with zero attached hydrogens (tertiary/aromatic N) is 4. The van der Waals surface area contributed by atoms with Gasteiger partial charge in [0.2, 0.25) is 5.75 Å². The van der Waals surface area contributed by atoms with Gasteiger partial charge in [-0.15, -0.1) is 10.2 Å². The predicted octanol–water partition coefficient (Wildman–Crippen LogP) is 3.75. The van der Waals surface area contributed by atoms with Crippen molar-refractivity contribution in [1.29, 1.82) is 0 Å². The number of methoxy groups -OCH3 is 3. The molecule has 34 heavy (non-hydrogen) atoms. The molecule has 0 bridgehead atoms. The summed E-state index contributed by atoms with van der Waals surface area (Å²) in [4.78, 5) is 17.1. The lowest BCUT2D eigenvalue weighted by molar-refractivity contribution is 0.0745. The van der Waals surface area contributed by atoms with E-state index in [1.807, 2.05) is 17.0 Å². The number of amides is 1. The van der Waals surface area contributed by atoms with Crippen molar-refractivity contribution in [3.63, 3.8) is 0 Å². The van der Waals surface area contributed by atoms with Crippen molar-refractivity contribution in [2.45, 2.75) is 13.8 Å². The molecule has 8 heteroatoms. The molecular weight excluding hydrogens is 432 g/mol. The minimum absolute atomic E-state index is 0.0739. The Hall–Kier alpha value is -3.81. The van der Waals surface area contributed by atoms with Crippen LogP contribution in [0.3, 0.4) is 0 Å². The number of ether oxygens (including phenoxy) is 3. The Bertz CT molecular complexity index is 1150. The van der Waals surface area contributed by atoms with E-state index < -0.39 is 0 Å². The van der Waals surface area contributed by atoms with Gasteiger partial charge < -0.3 is 24.0 Å². The molecule has 0 saturated carbocycles. The van der Waals surface area contributed by atoms with Crippen LogP contribution in [0, 0.1) is 13.8 Å². The van der Waals surface area contributed by atoms with Crippen LogP contribution >= 0.6 is 0 Å². The van der Waals surface area contributed by atoms with Crippen molar-refractivity contribution in [2.24, 2.45) is 0 Å². The number of aromatic nitrogens is 2. The summed E-state index contributed by atoms with van der Waals surface area (Å²) in [5.41, 5.74) is 4.86. The molecule has 2 heterocycles. The first-order chi connectivity index (χ1) is 16.4. The molecule has 0 N–H and O–H groups in total. The average Bonchev–Trinajstić information content (AvgIpc) is 2.87. The normalized spacial score (nSPS) is 13.6. The van der Waals surface area contributed by atoms with Gasteiger partial charge in [-0.2, -0.15) is 0 Å². The second-order valence-electron chi connectivity index (χ2n) is 8.29. The molecule has 1 fully saturated rings. The van der Waals surface area contributed by atoms with E-state index in [-0.39, 0.29) is 5.91 Å². The zero-order chi connectivity index (χ0) is 24.2. The van der Waals surface area contributed by atoms with E-state index in [1.54, 1.807) is 19.2 Å². The summed E-state index contributed by atoms with van der Waals surface area (Å²) in [5.74, 6) is 2.13. The standard InChI is InChI=1S/C26H30N4O4/c1-17-6-7-20(18(2)14-17)21-8-9-24(28-27-21)29-10-12-30(13-11-29)26(31)19-15-22(32-3)25(34-5)23(16-19)33-4/h6-9,14-16H,10-13H2,1-5H3. The maximum atomic E-state index is 13.2. The van der Waals surface area contributed by atoms with Crippen LogP contribution < -0.4 is 19.1 Å². The molecule has 1 aliphatic rings. The van der Waals surface area contributed by atoms with Gasteiger partial charge in [-0.25, -0.2) is 0 Å². The van der Waals surface area contributed by atoms with Crippen molar-refractivity contribution in [3.05, 3.63) is 59.2 Å². The molecule has 178 valence electrons. The van der Waals surface area contributed by atoms with Gasteiger partial charge in [0.15, 0.2) is 17.3 Å². The second-order valence-corrected chi connectivity index (χ2v) is 8.29. The molecule has 0 radical (unpaired) electrons. The molecule has 0 unspecified atom stereocenters. The first-order valence-electron chi connectivity index (χ1n) is 11.2. The number of carbonyl (C=O) groups is 1. The maximum Gasteiger partial charge on any atom is 0.254 e. The molecular formula is C26H30N4O4. The minimum atomic E-state index is -0.0739. The summed E-state index contributed by atoms with van der Waals surface area (Å²) in [6.45, 7) is 6.67. The number of piperazine rings is 1. The molecule has 1 saturated heterocycles. The van der Waals surface area contributed by atoms with Crippen LogP contribution in [-0.4, -0.2) is 68.5 Å². The Morgan fingerprint density at radius 3 is 2.03 bits per heavy atom. The highest BCUT2D eigenvalue weighted by atomic mass is 16.5. The van der Waals surface area contributed by atoms with Crippen molar-refractivity contribution in [3.8, 4) is 28.5 Å². The lowest BCUT2D eigenvalue weighted by Crippen LogP contribution is -2.49. The number of hydrogen-bond donors (Lipinski definition) is 0. The van der Waals surface area contributed by atoms with Crippen LogP contribution in [-0.2, 0) is 0 Å². The van der Waals surface area contributed by atoms with Crippen molar-refractivity contribution < 1.29 is 19.0 Å². The Labute approximate surface area is 200 Å². The summed E-state index contributed by atoms with van der Waals surface area (Å²) in [6, 6.07) is 13.7. The van der Waals surface area contributed by atoms with E-state index in [4.69, 9.17) is 14.2 Å². The maximum absolute atomic E-state index is 13.2. The topological polar surface area (TPSA) is 77.0 Å². The quantitative estimate of drug-likeness (QED) is 0.552. The summed E-state index contributed by atoms with van der Waals surface area (Å²) in [5, 5.41) is 8.92. The fourth-order valence-electron chi connectivity index (χ4n) is 4.26. The fourth-order valence-corrected chi connectivity index (χ4v) is 4.26. The average molecular weight is 463 g/mol. The van der Waals surface area contributed by atoms with E-state index >= 15 is 0 Å². The van der Waals surface area contributed by atoms with E-state index in [0.717, 1.165) is 17.1 Å². The van der Waals surface area contributed by atoms with E-state index in [9.17, 15) is 4.79 Å². The van der Waals surface area contributed by atoms with E-state index in [0.29, 0.717) is 49.0 Å². The van der Waals surface area contributed by atoms with E-state index in [1.165, 1.54) is 25.3 Å². The van der Waals surface area contributed by atoms with Gasteiger partial charge in [0.1, 0.15) is 0 Å². The molecule has 0 aliphatic carbocycles. The lowest BCUT2D eigenvalue weighted by Gasteiger charge is -2.35. The van der Waals surface area contributed by atoms with Crippen LogP contribution in [0.25, 0.3) is 11.3 Å². The summed E-state index contributed by atoms with van der Waals surface area (Å²) >= 11 is 0. The zero-order valence-corrected chi connectivity index (χ0v) is 20.3. The van der Waals surface area contributed by atoms with Crippen LogP contribution in [0.5, 0.6) is 17.2 Å². The molecule has 4 rings (SSSR count). The first kappa shape index (κ1) is 23.4. The molecule has 1 aliphatic heterocycles. The monoisotopic (exact) mass is 462 g/mol. The largest absolute Gasteiger partial charge is 0.493 e. The molecule has 2 aromatic carbocycles. The third kappa shape index (κ3) is 4.62. The molecule has 0 atom stereocenters. The summed E-state index contributed by atoms with van der Waals surface area (Å²) < 4.78 is 16.1. The van der Waals surface area contributed by atoms with Gasteiger partial charge in [-0.05, 0) is 43.7 Å². The van der Waals surface area contributed by atoms with Crippen molar-refractivity contribution in [2.75, 3.05) is 52.4 Å². The highest BCUT2D eigenvalue weighted by molar-refractivity contribution is 5.95. The van der Waals surface area contributed by atoms with Crippen molar-refractivity contribution >= 4 is 11.7 Å². The van der Waals surface area contributed by atoms with Crippen LogP contribution in [0.1, 0.15) is 21.5 Å². The Morgan fingerprint density at radius 2 is 1.50 bits per heavy atom. The third-order valence-corrected chi connectivity index (χ3v) is 6.11. The van der Waals surface area contributed by atoms with Gasteiger partial charge in [0.05, 0.1) is 27.0 Å².